The first-order valence-electron chi connectivity index (χ1n) is 4.58. The summed E-state index contributed by atoms with van der Waals surface area (Å²) in [6.07, 6.45) is 0. The second-order valence-electron chi connectivity index (χ2n) is 2.89. The molecule has 0 radical (unpaired) electrons. The molecule has 0 heterocycles. The highest BCUT2D eigenvalue weighted by atomic mass is 35.5. The van der Waals surface area contributed by atoms with Crippen LogP contribution in [0.25, 0.3) is 0 Å². The number of hydrogen-bond donors (Lipinski definition) is 0. The summed E-state index contributed by atoms with van der Waals surface area (Å²) in [5, 5.41) is 0.593. The summed E-state index contributed by atoms with van der Waals surface area (Å²) in [5.41, 5.74) is 0. The smallest absolute Gasteiger partial charge is 0.344 e. The standard InChI is InChI=1S/C10H8Cl4O3/c1-2-16-7(15)4-17-10-8(13)5(11)3-6(12)9(10)14/h3H,2,4H2,1H3. The van der Waals surface area contributed by atoms with Crippen LogP contribution in [0.15, 0.2) is 6.07 Å². The predicted molar refractivity (Wildman–Crippen MR) is 68.6 cm³/mol. The van der Waals surface area contributed by atoms with Gasteiger partial charge in [0.05, 0.1) is 16.7 Å². The molecule has 0 bridgehead atoms. The lowest BCUT2D eigenvalue weighted by Gasteiger charge is -2.11. The third-order valence-corrected chi connectivity index (χ3v) is 3.25. The van der Waals surface area contributed by atoms with Crippen LogP contribution in [-0.2, 0) is 9.53 Å². The molecule has 3 nitrogen and oxygen atoms in total. The highest BCUT2D eigenvalue weighted by Crippen LogP contribution is 2.42. The molecular formula is C10H8Cl4O3. The van der Waals surface area contributed by atoms with Crippen molar-refractivity contribution in [1.29, 1.82) is 0 Å². The molecule has 0 N–H and O–H groups in total. The molecule has 0 aliphatic carbocycles. The number of benzene rings is 1. The van der Waals surface area contributed by atoms with E-state index < -0.39 is 5.97 Å². The van der Waals surface area contributed by atoms with Gasteiger partial charge in [-0.25, -0.2) is 4.79 Å². The Morgan fingerprint density at radius 3 is 2.18 bits per heavy atom. The van der Waals surface area contributed by atoms with Gasteiger partial charge in [-0.05, 0) is 13.0 Å². The SMILES string of the molecule is CCOC(=O)COc1c(Cl)c(Cl)cc(Cl)c1Cl. The van der Waals surface area contributed by atoms with Crippen molar-refractivity contribution in [3.05, 3.63) is 26.2 Å². The molecule has 0 atom stereocenters. The van der Waals surface area contributed by atoms with E-state index in [1.165, 1.54) is 6.07 Å². The average molecular weight is 318 g/mol. The fraction of sp³-hybridized carbons (Fsp3) is 0.300. The Kier molecular flexibility index (Phi) is 5.67. The normalized spacial score (nSPS) is 10.2. The maximum Gasteiger partial charge on any atom is 0.344 e. The molecular weight excluding hydrogens is 310 g/mol. The van der Waals surface area contributed by atoms with E-state index >= 15 is 0 Å². The van der Waals surface area contributed by atoms with E-state index in [1.54, 1.807) is 6.92 Å². The molecule has 1 aromatic carbocycles. The molecule has 0 spiro atoms. The summed E-state index contributed by atoms with van der Waals surface area (Å²) in [7, 11) is 0. The summed E-state index contributed by atoms with van der Waals surface area (Å²) in [4.78, 5) is 11.1. The minimum atomic E-state index is -0.532. The Morgan fingerprint density at radius 1 is 1.18 bits per heavy atom. The average Bonchev–Trinajstić information content (AvgIpc) is 2.27. The third kappa shape index (κ3) is 3.81. The van der Waals surface area contributed by atoms with Gasteiger partial charge in [0.2, 0.25) is 0 Å². The van der Waals surface area contributed by atoms with E-state index in [4.69, 9.17) is 51.1 Å². The first kappa shape index (κ1) is 14.7. The van der Waals surface area contributed by atoms with Gasteiger partial charge in [-0.1, -0.05) is 46.4 Å². The van der Waals surface area contributed by atoms with Crippen molar-refractivity contribution in [2.45, 2.75) is 6.92 Å². The molecule has 0 saturated carbocycles. The monoisotopic (exact) mass is 316 g/mol. The second-order valence-corrected chi connectivity index (χ2v) is 4.46. The summed E-state index contributed by atoms with van der Waals surface area (Å²) in [6.45, 7) is 1.64. The number of hydrogen-bond acceptors (Lipinski definition) is 3. The van der Waals surface area contributed by atoms with Crippen LogP contribution in [-0.4, -0.2) is 19.2 Å². The largest absolute Gasteiger partial charge is 0.479 e. The van der Waals surface area contributed by atoms with Crippen molar-refractivity contribution in [1.82, 2.24) is 0 Å². The highest BCUT2D eigenvalue weighted by molar-refractivity contribution is 6.48. The van der Waals surface area contributed by atoms with Crippen molar-refractivity contribution in [2.75, 3.05) is 13.2 Å². The first-order chi connectivity index (χ1) is 7.97. The molecule has 0 fully saturated rings. The van der Waals surface area contributed by atoms with Crippen LogP contribution >= 0.6 is 46.4 Å². The number of esters is 1. The van der Waals surface area contributed by atoms with Gasteiger partial charge in [-0.2, -0.15) is 0 Å². The van der Waals surface area contributed by atoms with Gasteiger partial charge in [0.15, 0.2) is 12.4 Å². The maximum absolute atomic E-state index is 11.1. The molecule has 94 valence electrons. The lowest BCUT2D eigenvalue weighted by atomic mass is 10.3. The van der Waals surface area contributed by atoms with Crippen molar-refractivity contribution >= 4 is 52.4 Å². The van der Waals surface area contributed by atoms with E-state index in [0.29, 0.717) is 0 Å². The van der Waals surface area contributed by atoms with E-state index in [0.717, 1.165) is 0 Å². The Morgan fingerprint density at radius 2 is 1.71 bits per heavy atom. The van der Waals surface area contributed by atoms with Crippen LogP contribution < -0.4 is 4.74 Å². The zero-order valence-corrected chi connectivity index (χ0v) is 11.8. The van der Waals surface area contributed by atoms with E-state index in [2.05, 4.69) is 4.74 Å². The van der Waals surface area contributed by atoms with Crippen LogP contribution in [0.2, 0.25) is 20.1 Å². The molecule has 1 aromatic rings. The second kappa shape index (κ2) is 6.55. The van der Waals surface area contributed by atoms with E-state index in [-0.39, 0.29) is 39.1 Å². The maximum atomic E-state index is 11.1. The van der Waals surface area contributed by atoms with Gasteiger partial charge in [0.1, 0.15) is 10.0 Å². The van der Waals surface area contributed by atoms with Gasteiger partial charge >= 0.3 is 5.97 Å². The number of rotatable bonds is 4. The van der Waals surface area contributed by atoms with Crippen molar-refractivity contribution < 1.29 is 14.3 Å². The zero-order chi connectivity index (χ0) is 13.0. The third-order valence-electron chi connectivity index (χ3n) is 1.71. The summed E-state index contributed by atoms with van der Waals surface area (Å²) in [6, 6.07) is 1.39. The molecule has 0 amide bonds. The summed E-state index contributed by atoms with van der Waals surface area (Å²) < 4.78 is 9.82. The molecule has 1 rings (SSSR count). The van der Waals surface area contributed by atoms with Gasteiger partial charge in [-0.3, -0.25) is 0 Å². The first-order valence-corrected chi connectivity index (χ1v) is 6.10. The number of carbonyl (C=O) groups excluding carboxylic acids is 1. The quantitative estimate of drug-likeness (QED) is 0.615. The Hall–Kier alpha value is -0.350. The van der Waals surface area contributed by atoms with Crippen LogP contribution in [0.5, 0.6) is 5.75 Å². The van der Waals surface area contributed by atoms with Gasteiger partial charge in [0, 0.05) is 0 Å². The Labute approximate surface area is 118 Å². The van der Waals surface area contributed by atoms with Gasteiger partial charge in [0.25, 0.3) is 0 Å². The van der Waals surface area contributed by atoms with Crippen molar-refractivity contribution in [3.8, 4) is 5.75 Å². The number of ether oxygens (including phenoxy) is 2. The van der Waals surface area contributed by atoms with Crippen LogP contribution in [0.4, 0.5) is 0 Å². The van der Waals surface area contributed by atoms with E-state index in [9.17, 15) is 4.79 Å². The fourth-order valence-electron chi connectivity index (χ4n) is 1.01. The zero-order valence-electron chi connectivity index (χ0n) is 8.73. The van der Waals surface area contributed by atoms with Crippen molar-refractivity contribution in [3.63, 3.8) is 0 Å². The molecule has 7 heteroatoms. The van der Waals surface area contributed by atoms with E-state index in [1.807, 2.05) is 0 Å². The molecule has 17 heavy (non-hydrogen) atoms. The summed E-state index contributed by atoms with van der Waals surface area (Å²) in [5.74, 6) is -0.463. The lowest BCUT2D eigenvalue weighted by Crippen LogP contribution is -2.15. The fourth-order valence-corrected chi connectivity index (χ4v) is 1.91. The minimum absolute atomic E-state index is 0.0684. The topological polar surface area (TPSA) is 35.5 Å². The van der Waals surface area contributed by atoms with Crippen LogP contribution in [0.1, 0.15) is 6.92 Å². The number of carbonyl (C=O) groups is 1. The summed E-state index contributed by atoms with van der Waals surface area (Å²) >= 11 is 23.4. The van der Waals surface area contributed by atoms with Gasteiger partial charge in [-0.15, -0.1) is 0 Å². The Bertz CT molecular complexity index is 408. The molecule has 0 aromatic heterocycles. The molecule has 0 aliphatic rings. The Balaban J connectivity index is 2.87. The van der Waals surface area contributed by atoms with Crippen LogP contribution in [0, 0.1) is 0 Å². The van der Waals surface area contributed by atoms with Gasteiger partial charge < -0.3 is 9.47 Å². The highest BCUT2D eigenvalue weighted by Gasteiger charge is 2.16. The lowest BCUT2D eigenvalue weighted by molar-refractivity contribution is -0.145. The van der Waals surface area contributed by atoms with Crippen molar-refractivity contribution in [2.24, 2.45) is 0 Å². The molecule has 0 aliphatic heterocycles. The number of halogens is 4. The minimum Gasteiger partial charge on any atom is -0.479 e. The molecule has 0 unspecified atom stereocenters. The predicted octanol–water partition coefficient (Wildman–Crippen LogP) is 4.24. The van der Waals surface area contributed by atoms with Crippen LogP contribution in [0.3, 0.4) is 0 Å². The molecule has 0 saturated heterocycles.